The van der Waals surface area contributed by atoms with Crippen molar-refractivity contribution in [2.45, 2.75) is 0 Å². The monoisotopic (exact) mass is 361 g/mol. The molecule has 0 atom stereocenters. The Morgan fingerprint density at radius 3 is 2.65 bits per heavy atom. The maximum atomic E-state index is 5.74. The molecule has 0 unspecified atom stereocenters. The maximum absolute atomic E-state index is 5.74. The Kier molecular flexibility index (Phi) is 5.03. The summed E-state index contributed by atoms with van der Waals surface area (Å²) in [5.74, 6) is 6.31. The number of nitrogens with two attached hydrogens (primary N) is 1. The molecule has 0 fully saturated rings. The molecule has 0 aliphatic rings. The fourth-order valence-electron chi connectivity index (χ4n) is 1.40. The molecule has 1 aromatic heterocycles. The number of hydrogen-bond donors (Lipinski definition) is 1. The molecule has 2 aromatic rings. The number of pyridine rings is 1. The van der Waals surface area contributed by atoms with Gasteiger partial charge in [-0.1, -0.05) is 24.3 Å². The SMILES string of the molecule is COC(=S)N(N)c1cc2ccccc2cn1.I. The number of nitrogens with zero attached hydrogens (tertiary/aromatic N) is 2. The molecule has 2 N–H and O–H groups in total. The summed E-state index contributed by atoms with van der Waals surface area (Å²) >= 11 is 4.92. The Balaban J connectivity index is 0.00000144. The lowest BCUT2D eigenvalue weighted by atomic mass is 10.2. The highest BCUT2D eigenvalue weighted by molar-refractivity contribution is 14.0. The Morgan fingerprint density at radius 1 is 1.35 bits per heavy atom. The van der Waals surface area contributed by atoms with Crippen molar-refractivity contribution in [1.29, 1.82) is 0 Å². The minimum absolute atomic E-state index is 0. The van der Waals surface area contributed by atoms with Crippen LogP contribution < -0.4 is 10.9 Å². The molecular weight excluding hydrogens is 349 g/mol. The molecule has 0 aliphatic heterocycles. The van der Waals surface area contributed by atoms with Gasteiger partial charge in [-0.3, -0.25) is 0 Å². The fraction of sp³-hybridized carbons (Fsp3) is 0.0909. The van der Waals surface area contributed by atoms with Crippen LogP contribution in [0.15, 0.2) is 36.5 Å². The van der Waals surface area contributed by atoms with E-state index in [2.05, 4.69) is 4.98 Å². The Bertz CT molecular complexity index is 535. The van der Waals surface area contributed by atoms with Crippen LogP contribution in [0.1, 0.15) is 0 Å². The van der Waals surface area contributed by atoms with Crippen LogP contribution in [0.4, 0.5) is 5.82 Å². The lowest BCUT2D eigenvalue weighted by molar-refractivity contribution is 0.403. The summed E-state index contributed by atoms with van der Waals surface area (Å²) in [4.78, 5) is 4.21. The van der Waals surface area contributed by atoms with E-state index in [1.54, 1.807) is 6.20 Å². The van der Waals surface area contributed by atoms with E-state index in [9.17, 15) is 0 Å². The normalized spacial score (nSPS) is 9.53. The van der Waals surface area contributed by atoms with E-state index in [0.717, 1.165) is 10.8 Å². The second-order valence-corrected chi connectivity index (χ2v) is 3.58. The standard InChI is InChI=1S/C11H11N3OS.HI/c1-15-11(16)14(12)10-6-8-4-2-3-5-9(8)7-13-10;/h2-7H,12H2,1H3;1H. The van der Waals surface area contributed by atoms with E-state index < -0.39 is 0 Å². The summed E-state index contributed by atoms with van der Waals surface area (Å²) in [6.45, 7) is 0. The molecule has 0 bridgehead atoms. The van der Waals surface area contributed by atoms with Crippen molar-refractivity contribution in [3.05, 3.63) is 36.5 Å². The van der Waals surface area contributed by atoms with Crippen molar-refractivity contribution in [3.63, 3.8) is 0 Å². The number of thiocarbonyl (C=S) groups is 1. The predicted octanol–water partition coefficient (Wildman–Crippen LogP) is 2.46. The van der Waals surface area contributed by atoms with Gasteiger partial charge in [-0.2, -0.15) is 0 Å². The van der Waals surface area contributed by atoms with Gasteiger partial charge in [0, 0.05) is 11.6 Å². The van der Waals surface area contributed by atoms with Crippen LogP contribution in [0.3, 0.4) is 0 Å². The van der Waals surface area contributed by atoms with Crippen LogP contribution in [0.5, 0.6) is 0 Å². The number of hydrogen-bond acceptors (Lipinski definition) is 4. The molecule has 90 valence electrons. The van der Waals surface area contributed by atoms with Crippen molar-refractivity contribution in [2.75, 3.05) is 12.1 Å². The minimum atomic E-state index is 0. The summed E-state index contributed by atoms with van der Waals surface area (Å²) in [6, 6.07) is 9.76. The van der Waals surface area contributed by atoms with E-state index in [1.807, 2.05) is 30.3 Å². The predicted molar refractivity (Wildman–Crippen MR) is 83.4 cm³/mol. The van der Waals surface area contributed by atoms with Crippen LogP contribution in [0, 0.1) is 0 Å². The topological polar surface area (TPSA) is 51.4 Å². The molecular formula is C11H12IN3OS. The number of benzene rings is 1. The first kappa shape index (κ1) is 14.1. The van der Waals surface area contributed by atoms with Gasteiger partial charge in [-0.05, 0) is 23.7 Å². The number of hydrazine groups is 1. The number of rotatable bonds is 1. The number of aromatic nitrogens is 1. The van der Waals surface area contributed by atoms with Crippen LogP contribution in [0.2, 0.25) is 0 Å². The zero-order valence-corrected chi connectivity index (χ0v) is 12.3. The first-order chi connectivity index (χ1) is 7.72. The number of ether oxygens (including phenoxy) is 1. The molecule has 0 amide bonds. The number of methoxy groups -OCH3 is 1. The number of fused-ring (bicyclic) bond motifs is 1. The molecule has 0 saturated heterocycles. The van der Waals surface area contributed by atoms with Gasteiger partial charge in [0.15, 0.2) is 5.82 Å². The van der Waals surface area contributed by atoms with E-state index >= 15 is 0 Å². The highest BCUT2D eigenvalue weighted by Gasteiger charge is 2.09. The van der Waals surface area contributed by atoms with Crippen LogP contribution in [-0.4, -0.2) is 17.3 Å². The van der Waals surface area contributed by atoms with Gasteiger partial charge in [-0.15, -0.1) is 24.0 Å². The Labute approximate surface area is 122 Å². The van der Waals surface area contributed by atoms with E-state index in [4.69, 9.17) is 22.8 Å². The van der Waals surface area contributed by atoms with Gasteiger partial charge in [0.2, 0.25) is 0 Å². The van der Waals surface area contributed by atoms with E-state index in [0.29, 0.717) is 5.82 Å². The molecule has 6 heteroatoms. The zero-order chi connectivity index (χ0) is 11.5. The summed E-state index contributed by atoms with van der Waals surface area (Å²) < 4.78 is 4.87. The third-order valence-corrected chi connectivity index (χ3v) is 2.60. The second-order valence-electron chi connectivity index (χ2n) is 3.23. The highest BCUT2D eigenvalue weighted by atomic mass is 127. The first-order valence-electron chi connectivity index (χ1n) is 4.70. The van der Waals surface area contributed by atoms with Gasteiger partial charge < -0.3 is 4.74 Å². The van der Waals surface area contributed by atoms with Crippen molar-refractivity contribution < 1.29 is 4.74 Å². The Hall–Kier alpha value is -0.990. The molecule has 0 saturated carbocycles. The molecule has 0 aliphatic carbocycles. The van der Waals surface area contributed by atoms with Crippen LogP contribution >= 0.6 is 36.2 Å². The van der Waals surface area contributed by atoms with Gasteiger partial charge in [0.25, 0.3) is 5.17 Å². The molecule has 2 rings (SSSR count). The van der Waals surface area contributed by atoms with Gasteiger partial charge in [0.1, 0.15) is 0 Å². The van der Waals surface area contributed by atoms with Crippen molar-refractivity contribution in [2.24, 2.45) is 5.84 Å². The fourth-order valence-corrected chi connectivity index (χ4v) is 1.49. The number of anilines is 1. The third kappa shape index (κ3) is 3.02. The van der Waals surface area contributed by atoms with Crippen molar-refractivity contribution in [3.8, 4) is 0 Å². The van der Waals surface area contributed by atoms with E-state index in [-0.39, 0.29) is 29.2 Å². The van der Waals surface area contributed by atoms with E-state index in [1.165, 1.54) is 12.1 Å². The number of halogens is 1. The average Bonchev–Trinajstić information content (AvgIpc) is 2.36. The van der Waals surface area contributed by atoms with Gasteiger partial charge in [-0.25, -0.2) is 15.8 Å². The summed E-state index contributed by atoms with van der Waals surface area (Å²) in [5.41, 5.74) is 0. The van der Waals surface area contributed by atoms with Crippen molar-refractivity contribution >= 4 is 58.0 Å². The quantitative estimate of drug-likeness (QED) is 0.366. The highest BCUT2D eigenvalue weighted by Crippen LogP contribution is 2.17. The third-order valence-electron chi connectivity index (χ3n) is 2.23. The molecule has 0 spiro atoms. The Morgan fingerprint density at radius 2 is 2.00 bits per heavy atom. The summed E-state index contributed by atoms with van der Waals surface area (Å²) in [6.07, 6.45) is 1.75. The smallest absolute Gasteiger partial charge is 0.279 e. The van der Waals surface area contributed by atoms with Crippen molar-refractivity contribution in [1.82, 2.24) is 4.98 Å². The molecule has 1 aromatic carbocycles. The average molecular weight is 361 g/mol. The van der Waals surface area contributed by atoms with Gasteiger partial charge >= 0.3 is 0 Å². The van der Waals surface area contributed by atoms with Gasteiger partial charge in [0.05, 0.1) is 7.11 Å². The van der Waals surface area contributed by atoms with Crippen LogP contribution in [-0.2, 0) is 4.74 Å². The largest absolute Gasteiger partial charge is 0.473 e. The molecule has 1 heterocycles. The minimum Gasteiger partial charge on any atom is -0.473 e. The lowest BCUT2D eigenvalue weighted by Crippen LogP contribution is -2.37. The molecule has 4 nitrogen and oxygen atoms in total. The summed E-state index contributed by atoms with van der Waals surface area (Å²) in [5, 5.41) is 3.54. The molecule has 0 radical (unpaired) electrons. The zero-order valence-electron chi connectivity index (χ0n) is 9.16. The molecule has 17 heavy (non-hydrogen) atoms. The summed E-state index contributed by atoms with van der Waals surface area (Å²) in [7, 11) is 1.48. The van der Waals surface area contributed by atoms with Crippen LogP contribution in [0.25, 0.3) is 10.8 Å². The lowest BCUT2D eigenvalue weighted by Gasteiger charge is -2.16. The second kappa shape index (κ2) is 6.08. The maximum Gasteiger partial charge on any atom is 0.279 e. The first-order valence-corrected chi connectivity index (χ1v) is 5.11.